The van der Waals surface area contributed by atoms with Crippen LogP contribution in [0.5, 0.6) is 0 Å². The molecule has 24 heavy (non-hydrogen) atoms. The van der Waals surface area contributed by atoms with E-state index in [1.165, 1.54) is 34.8 Å². The summed E-state index contributed by atoms with van der Waals surface area (Å²) in [7, 11) is 0. The van der Waals surface area contributed by atoms with Crippen molar-refractivity contribution in [3.8, 4) is 5.69 Å². The minimum absolute atomic E-state index is 0.163. The van der Waals surface area contributed by atoms with Crippen LogP contribution >= 0.6 is 0 Å². The molecule has 2 aromatic rings. The zero-order chi connectivity index (χ0) is 17.3. The van der Waals surface area contributed by atoms with Gasteiger partial charge in [0.05, 0.1) is 24.0 Å². The van der Waals surface area contributed by atoms with E-state index in [0.717, 1.165) is 12.1 Å². The predicted octanol–water partition coefficient (Wildman–Crippen LogP) is 2.52. The lowest BCUT2D eigenvalue weighted by atomic mass is 10.2. The van der Waals surface area contributed by atoms with Crippen molar-refractivity contribution in [3.05, 3.63) is 42.1 Å². The lowest BCUT2D eigenvalue weighted by molar-refractivity contribution is -0.137. The van der Waals surface area contributed by atoms with Crippen molar-refractivity contribution in [2.75, 3.05) is 18.4 Å². The summed E-state index contributed by atoms with van der Waals surface area (Å²) in [5.74, 6) is 0.612. The number of anilines is 1. The molecule has 1 N–H and O–H groups in total. The van der Waals surface area contributed by atoms with Crippen LogP contribution in [0.4, 0.5) is 19.0 Å². The summed E-state index contributed by atoms with van der Waals surface area (Å²) >= 11 is 0. The molecule has 3 rings (SSSR count). The molecule has 0 unspecified atom stereocenters. The van der Waals surface area contributed by atoms with E-state index in [4.69, 9.17) is 0 Å². The van der Waals surface area contributed by atoms with E-state index in [1.54, 1.807) is 6.07 Å². The summed E-state index contributed by atoms with van der Waals surface area (Å²) in [5.41, 5.74) is -0.504. The first-order valence-electron chi connectivity index (χ1n) is 7.17. The first-order valence-corrected chi connectivity index (χ1v) is 7.17. The number of hydrogen-bond donors (Lipinski definition) is 1. The monoisotopic (exact) mass is 337 g/mol. The normalized spacial score (nSPS) is 14.7. The van der Waals surface area contributed by atoms with Gasteiger partial charge >= 0.3 is 6.18 Å². The average molecular weight is 337 g/mol. The fourth-order valence-corrected chi connectivity index (χ4v) is 2.39. The van der Waals surface area contributed by atoms with Gasteiger partial charge in [-0.2, -0.15) is 18.3 Å². The zero-order valence-corrected chi connectivity index (χ0v) is 12.7. The lowest BCUT2D eigenvalue weighted by Crippen LogP contribution is -2.37. The van der Waals surface area contributed by atoms with E-state index in [2.05, 4.69) is 15.4 Å². The van der Waals surface area contributed by atoms with Crippen LogP contribution in [0.3, 0.4) is 0 Å². The number of rotatable bonds is 2. The standard InChI is InChI=1S/C15H14F3N5O/c1-10(24)22-8-7-19-14(22)21-13-5-6-20-23(13)12-4-2-3-11(9-12)15(16,17)18/h2-6,9H,7-8H2,1H3,(H,19,21). The number of aromatic nitrogens is 2. The molecule has 0 saturated heterocycles. The molecule has 0 radical (unpaired) electrons. The van der Waals surface area contributed by atoms with E-state index in [9.17, 15) is 18.0 Å². The van der Waals surface area contributed by atoms with Crippen LogP contribution in [0.15, 0.2) is 41.5 Å². The summed E-state index contributed by atoms with van der Waals surface area (Å²) in [6.07, 6.45) is -2.98. The van der Waals surface area contributed by atoms with Crippen LogP contribution in [0.25, 0.3) is 5.69 Å². The third-order valence-electron chi connectivity index (χ3n) is 3.52. The quantitative estimate of drug-likeness (QED) is 0.916. The van der Waals surface area contributed by atoms with Crippen molar-refractivity contribution in [1.29, 1.82) is 0 Å². The molecule has 0 fully saturated rings. The molecule has 0 spiro atoms. The van der Waals surface area contributed by atoms with Crippen LogP contribution in [-0.4, -0.2) is 39.6 Å². The molecule has 2 heterocycles. The number of amides is 1. The van der Waals surface area contributed by atoms with Crippen LogP contribution in [0.1, 0.15) is 12.5 Å². The SMILES string of the molecule is CC(=O)N1CCN=C1Nc1ccnn1-c1cccc(C(F)(F)F)c1. The Labute approximate surface area is 135 Å². The van der Waals surface area contributed by atoms with Crippen molar-refractivity contribution in [2.24, 2.45) is 4.99 Å². The molecular weight excluding hydrogens is 323 g/mol. The fourth-order valence-electron chi connectivity index (χ4n) is 2.39. The number of hydrogen-bond acceptors (Lipinski definition) is 4. The van der Waals surface area contributed by atoms with Crippen LogP contribution in [0, 0.1) is 0 Å². The van der Waals surface area contributed by atoms with E-state index in [-0.39, 0.29) is 11.6 Å². The molecule has 1 aromatic carbocycles. The molecule has 126 valence electrons. The Morgan fingerprint density at radius 1 is 1.29 bits per heavy atom. The number of aliphatic imine (C=N–C) groups is 1. The van der Waals surface area contributed by atoms with Gasteiger partial charge in [-0.3, -0.25) is 14.7 Å². The average Bonchev–Trinajstić information content (AvgIpc) is 3.16. The Morgan fingerprint density at radius 3 is 2.79 bits per heavy atom. The van der Waals surface area contributed by atoms with Gasteiger partial charge < -0.3 is 5.32 Å². The molecule has 0 aliphatic carbocycles. The van der Waals surface area contributed by atoms with Gasteiger partial charge in [0.15, 0.2) is 0 Å². The molecule has 1 aliphatic heterocycles. The highest BCUT2D eigenvalue weighted by Crippen LogP contribution is 2.30. The zero-order valence-electron chi connectivity index (χ0n) is 12.7. The third-order valence-corrected chi connectivity index (χ3v) is 3.52. The van der Waals surface area contributed by atoms with Gasteiger partial charge in [0, 0.05) is 19.5 Å². The van der Waals surface area contributed by atoms with Gasteiger partial charge in [-0.1, -0.05) is 6.07 Å². The molecule has 0 saturated carbocycles. The second-order valence-corrected chi connectivity index (χ2v) is 5.18. The van der Waals surface area contributed by atoms with Gasteiger partial charge in [0.2, 0.25) is 11.9 Å². The largest absolute Gasteiger partial charge is 0.416 e. The van der Waals surface area contributed by atoms with Gasteiger partial charge in [-0.05, 0) is 18.2 Å². The van der Waals surface area contributed by atoms with Gasteiger partial charge in [-0.25, -0.2) is 4.68 Å². The number of guanidine groups is 1. The highest BCUT2D eigenvalue weighted by atomic mass is 19.4. The van der Waals surface area contributed by atoms with E-state index < -0.39 is 11.7 Å². The molecule has 1 amide bonds. The Balaban J connectivity index is 1.90. The van der Waals surface area contributed by atoms with Crippen molar-refractivity contribution in [2.45, 2.75) is 13.1 Å². The topological polar surface area (TPSA) is 62.5 Å². The number of nitrogens with one attached hydrogen (secondary N) is 1. The summed E-state index contributed by atoms with van der Waals surface area (Å²) < 4.78 is 39.9. The van der Waals surface area contributed by atoms with Crippen molar-refractivity contribution < 1.29 is 18.0 Å². The van der Waals surface area contributed by atoms with Crippen LogP contribution < -0.4 is 5.32 Å². The van der Waals surface area contributed by atoms with Crippen molar-refractivity contribution >= 4 is 17.7 Å². The first kappa shape index (κ1) is 16.0. The number of benzene rings is 1. The molecule has 0 atom stereocenters. The first-order chi connectivity index (χ1) is 11.4. The number of halogens is 3. The Morgan fingerprint density at radius 2 is 2.08 bits per heavy atom. The Bertz CT molecular complexity index is 796. The maximum atomic E-state index is 12.9. The molecular formula is C15H14F3N5O. The van der Waals surface area contributed by atoms with Crippen LogP contribution in [-0.2, 0) is 11.0 Å². The summed E-state index contributed by atoms with van der Waals surface area (Å²) in [6.45, 7) is 2.36. The molecule has 6 nitrogen and oxygen atoms in total. The number of alkyl halides is 3. The van der Waals surface area contributed by atoms with E-state index in [0.29, 0.717) is 24.9 Å². The second-order valence-electron chi connectivity index (χ2n) is 5.18. The van der Waals surface area contributed by atoms with Gasteiger partial charge in [-0.15, -0.1) is 0 Å². The molecule has 1 aliphatic rings. The van der Waals surface area contributed by atoms with Gasteiger partial charge in [0.1, 0.15) is 5.82 Å². The van der Waals surface area contributed by atoms with E-state index >= 15 is 0 Å². The summed E-state index contributed by atoms with van der Waals surface area (Å²) in [4.78, 5) is 17.2. The molecule has 0 bridgehead atoms. The second kappa shape index (κ2) is 5.99. The maximum absolute atomic E-state index is 12.9. The Hall–Kier alpha value is -2.84. The summed E-state index contributed by atoms with van der Waals surface area (Å²) in [6, 6.07) is 6.45. The highest BCUT2D eigenvalue weighted by molar-refractivity contribution is 6.04. The van der Waals surface area contributed by atoms with Gasteiger partial charge in [0.25, 0.3) is 0 Å². The predicted molar refractivity (Wildman–Crippen MR) is 81.9 cm³/mol. The van der Waals surface area contributed by atoms with E-state index in [1.807, 2.05) is 0 Å². The maximum Gasteiger partial charge on any atom is 0.416 e. The summed E-state index contributed by atoms with van der Waals surface area (Å²) in [5, 5.41) is 7.00. The van der Waals surface area contributed by atoms with Crippen molar-refractivity contribution in [3.63, 3.8) is 0 Å². The molecule has 1 aromatic heterocycles. The lowest BCUT2D eigenvalue weighted by Gasteiger charge is -2.18. The Kier molecular flexibility index (Phi) is 4.00. The van der Waals surface area contributed by atoms with Crippen LogP contribution in [0.2, 0.25) is 0 Å². The number of carbonyl (C=O) groups excluding carboxylic acids is 1. The minimum Gasteiger partial charge on any atom is -0.310 e. The number of nitrogens with zero attached hydrogens (tertiary/aromatic N) is 4. The smallest absolute Gasteiger partial charge is 0.310 e. The fraction of sp³-hybridized carbons (Fsp3) is 0.267. The number of carbonyl (C=O) groups is 1. The van der Waals surface area contributed by atoms with Crippen molar-refractivity contribution in [1.82, 2.24) is 14.7 Å². The third kappa shape index (κ3) is 3.10. The minimum atomic E-state index is -4.43. The highest BCUT2D eigenvalue weighted by Gasteiger charge is 2.30. The molecule has 9 heteroatoms.